The minimum atomic E-state index is -0.825. The molecule has 35 heavy (non-hydrogen) atoms. The van der Waals surface area contributed by atoms with Crippen molar-refractivity contribution >= 4 is 17.4 Å². The van der Waals surface area contributed by atoms with Crippen LogP contribution in [0.3, 0.4) is 0 Å². The van der Waals surface area contributed by atoms with Crippen LogP contribution in [0.4, 0.5) is 4.39 Å². The number of Topliss-reactive ketones (excluding diaryl/α,β-unsaturated/α-hetero) is 1. The van der Waals surface area contributed by atoms with Crippen molar-refractivity contribution in [1.82, 2.24) is 4.90 Å². The van der Waals surface area contributed by atoms with E-state index in [9.17, 15) is 19.1 Å². The molecule has 5 nitrogen and oxygen atoms in total. The lowest BCUT2D eigenvalue weighted by atomic mass is 9.95. The van der Waals surface area contributed by atoms with Crippen molar-refractivity contribution in [2.45, 2.75) is 32.9 Å². The standard InChI is InChI=1S/C29H28FNO4/c1-19(2)15-16-35-24-10-6-9-22(17-24)26-25(27(32)21-11-13-23(30)14-12-21)28(33)29(34)31(26)18-20-7-4-3-5-8-20/h3-14,17,19,26,32H,15-16,18H2,1-2H3. The number of hydrogen-bond acceptors (Lipinski definition) is 4. The summed E-state index contributed by atoms with van der Waals surface area (Å²) in [6, 6.07) is 20.9. The zero-order chi connectivity index (χ0) is 24.9. The smallest absolute Gasteiger partial charge is 0.295 e. The van der Waals surface area contributed by atoms with Crippen LogP contribution in [-0.4, -0.2) is 28.3 Å². The minimum absolute atomic E-state index is 0.0307. The predicted molar refractivity (Wildman–Crippen MR) is 132 cm³/mol. The van der Waals surface area contributed by atoms with Gasteiger partial charge in [-0.05, 0) is 59.9 Å². The second-order valence-corrected chi connectivity index (χ2v) is 9.02. The number of benzene rings is 3. The molecule has 1 fully saturated rings. The molecule has 6 heteroatoms. The molecule has 0 aromatic heterocycles. The van der Waals surface area contributed by atoms with Crippen LogP contribution in [0.5, 0.6) is 5.75 Å². The molecule has 180 valence electrons. The van der Waals surface area contributed by atoms with Crippen LogP contribution in [0, 0.1) is 11.7 Å². The number of amides is 1. The fraction of sp³-hybridized carbons (Fsp3) is 0.241. The van der Waals surface area contributed by atoms with Gasteiger partial charge in [0.2, 0.25) is 0 Å². The molecule has 3 aromatic rings. The molecule has 1 N–H and O–H groups in total. The molecule has 0 spiro atoms. The molecule has 0 saturated carbocycles. The van der Waals surface area contributed by atoms with E-state index in [0.29, 0.717) is 23.8 Å². The molecule has 1 amide bonds. The number of halogens is 1. The van der Waals surface area contributed by atoms with E-state index in [1.165, 1.54) is 29.2 Å². The van der Waals surface area contributed by atoms with Crippen LogP contribution in [0.25, 0.3) is 5.76 Å². The van der Waals surface area contributed by atoms with Crippen LogP contribution >= 0.6 is 0 Å². The SMILES string of the molecule is CC(C)CCOc1cccc(C2C(=C(O)c3ccc(F)cc3)C(=O)C(=O)N2Cc2ccccc2)c1. The molecule has 0 radical (unpaired) electrons. The van der Waals surface area contributed by atoms with E-state index in [0.717, 1.165) is 12.0 Å². The third kappa shape index (κ3) is 5.43. The third-order valence-electron chi connectivity index (χ3n) is 5.99. The Bertz CT molecular complexity index is 1240. The Morgan fingerprint density at radius 1 is 1.00 bits per heavy atom. The fourth-order valence-electron chi connectivity index (χ4n) is 4.12. The molecule has 1 saturated heterocycles. The molecule has 1 atom stereocenters. The van der Waals surface area contributed by atoms with Gasteiger partial charge in [0.25, 0.3) is 11.7 Å². The summed E-state index contributed by atoms with van der Waals surface area (Å²) < 4.78 is 19.4. The van der Waals surface area contributed by atoms with Crippen molar-refractivity contribution in [3.63, 3.8) is 0 Å². The number of aliphatic hydroxyl groups excluding tert-OH is 1. The van der Waals surface area contributed by atoms with Gasteiger partial charge in [0.1, 0.15) is 17.3 Å². The molecule has 1 aliphatic heterocycles. The van der Waals surface area contributed by atoms with E-state index in [2.05, 4.69) is 13.8 Å². The summed E-state index contributed by atoms with van der Waals surface area (Å²) in [5.41, 5.74) is 1.73. The number of rotatable bonds is 8. The first-order valence-corrected chi connectivity index (χ1v) is 11.7. The van der Waals surface area contributed by atoms with E-state index < -0.39 is 23.5 Å². The quantitative estimate of drug-likeness (QED) is 0.252. The molecule has 0 aliphatic carbocycles. The van der Waals surface area contributed by atoms with Crippen LogP contribution in [0.1, 0.15) is 43.0 Å². The monoisotopic (exact) mass is 473 g/mol. The number of ether oxygens (including phenoxy) is 1. The Kier molecular flexibility index (Phi) is 7.30. The van der Waals surface area contributed by atoms with Gasteiger partial charge >= 0.3 is 0 Å². The number of hydrogen-bond donors (Lipinski definition) is 1. The first-order chi connectivity index (χ1) is 16.8. The van der Waals surface area contributed by atoms with Gasteiger partial charge in [0, 0.05) is 12.1 Å². The predicted octanol–water partition coefficient (Wildman–Crippen LogP) is 5.87. The summed E-state index contributed by atoms with van der Waals surface area (Å²) >= 11 is 0. The van der Waals surface area contributed by atoms with E-state index >= 15 is 0 Å². The highest BCUT2D eigenvalue weighted by atomic mass is 19.1. The molecule has 1 heterocycles. The highest BCUT2D eigenvalue weighted by Gasteiger charge is 2.46. The minimum Gasteiger partial charge on any atom is -0.507 e. The van der Waals surface area contributed by atoms with Gasteiger partial charge in [0.15, 0.2) is 0 Å². The van der Waals surface area contributed by atoms with Gasteiger partial charge in [-0.2, -0.15) is 0 Å². The first-order valence-electron chi connectivity index (χ1n) is 11.7. The normalized spacial score (nSPS) is 17.3. The van der Waals surface area contributed by atoms with Crippen LogP contribution in [-0.2, 0) is 16.1 Å². The van der Waals surface area contributed by atoms with E-state index in [1.54, 1.807) is 12.1 Å². The fourth-order valence-corrected chi connectivity index (χ4v) is 4.12. The number of likely N-dealkylation sites (tertiary alicyclic amines) is 1. The number of nitrogens with zero attached hydrogens (tertiary/aromatic N) is 1. The highest BCUT2D eigenvalue weighted by Crippen LogP contribution is 2.41. The number of ketones is 1. The van der Waals surface area contributed by atoms with Gasteiger partial charge < -0.3 is 14.7 Å². The van der Waals surface area contributed by atoms with Gasteiger partial charge in [-0.25, -0.2) is 4.39 Å². The average molecular weight is 474 g/mol. The van der Waals surface area contributed by atoms with E-state index in [1.807, 2.05) is 42.5 Å². The lowest BCUT2D eigenvalue weighted by Crippen LogP contribution is -2.29. The summed E-state index contributed by atoms with van der Waals surface area (Å²) in [6.07, 6.45) is 0.890. The Balaban J connectivity index is 1.78. The maximum absolute atomic E-state index is 13.5. The second kappa shape index (κ2) is 10.6. The zero-order valence-electron chi connectivity index (χ0n) is 19.8. The molecule has 1 aliphatic rings. The summed E-state index contributed by atoms with van der Waals surface area (Å²) in [6.45, 7) is 4.97. The molecule has 4 rings (SSSR count). The molecule has 3 aromatic carbocycles. The maximum Gasteiger partial charge on any atom is 0.295 e. The molecular formula is C29H28FNO4. The summed E-state index contributed by atoms with van der Waals surface area (Å²) in [7, 11) is 0. The Morgan fingerprint density at radius 2 is 1.71 bits per heavy atom. The van der Waals surface area contributed by atoms with Crippen molar-refractivity contribution < 1.29 is 23.8 Å². The first kappa shape index (κ1) is 24.2. The van der Waals surface area contributed by atoms with Crippen LogP contribution in [0.15, 0.2) is 84.4 Å². The van der Waals surface area contributed by atoms with Gasteiger partial charge in [-0.15, -0.1) is 0 Å². The molecule has 0 bridgehead atoms. The maximum atomic E-state index is 13.5. The zero-order valence-corrected chi connectivity index (χ0v) is 19.8. The topological polar surface area (TPSA) is 66.8 Å². The Morgan fingerprint density at radius 3 is 2.40 bits per heavy atom. The highest BCUT2D eigenvalue weighted by molar-refractivity contribution is 6.46. The Labute approximate surface area is 204 Å². The van der Waals surface area contributed by atoms with E-state index in [-0.39, 0.29) is 23.4 Å². The Hall–Kier alpha value is -3.93. The van der Waals surface area contributed by atoms with Crippen LogP contribution < -0.4 is 4.74 Å². The lowest BCUT2D eigenvalue weighted by Gasteiger charge is -2.26. The van der Waals surface area contributed by atoms with Crippen molar-refractivity contribution in [2.75, 3.05) is 6.61 Å². The second-order valence-electron chi connectivity index (χ2n) is 9.02. The number of carbonyl (C=O) groups excluding carboxylic acids is 2. The summed E-state index contributed by atoms with van der Waals surface area (Å²) in [4.78, 5) is 27.8. The molecule has 1 unspecified atom stereocenters. The largest absolute Gasteiger partial charge is 0.507 e. The van der Waals surface area contributed by atoms with Crippen molar-refractivity contribution in [1.29, 1.82) is 0 Å². The van der Waals surface area contributed by atoms with E-state index in [4.69, 9.17) is 4.74 Å². The van der Waals surface area contributed by atoms with Gasteiger partial charge in [-0.1, -0.05) is 56.3 Å². The summed E-state index contributed by atoms with van der Waals surface area (Å²) in [5.74, 6) is -1.17. The number of carbonyl (C=O) groups is 2. The van der Waals surface area contributed by atoms with Crippen molar-refractivity contribution in [2.24, 2.45) is 5.92 Å². The molecular weight excluding hydrogens is 445 g/mol. The summed E-state index contributed by atoms with van der Waals surface area (Å²) in [5, 5.41) is 11.1. The van der Waals surface area contributed by atoms with Crippen molar-refractivity contribution in [3.8, 4) is 5.75 Å². The van der Waals surface area contributed by atoms with Crippen molar-refractivity contribution in [3.05, 3.63) is 107 Å². The van der Waals surface area contributed by atoms with Crippen LogP contribution in [0.2, 0.25) is 0 Å². The number of aliphatic hydroxyl groups is 1. The van der Waals surface area contributed by atoms with Gasteiger partial charge in [0.05, 0.1) is 18.2 Å². The average Bonchev–Trinajstić information content (AvgIpc) is 3.09. The lowest BCUT2D eigenvalue weighted by molar-refractivity contribution is -0.140. The van der Waals surface area contributed by atoms with Gasteiger partial charge in [-0.3, -0.25) is 9.59 Å². The third-order valence-corrected chi connectivity index (χ3v) is 5.99.